The van der Waals surface area contributed by atoms with Crippen LogP contribution in [-0.2, 0) is 0 Å². The van der Waals surface area contributed by atoms with Crippen molar-refractivity contribution in [2.75, 3.05) is 0 Å². The monoisotopic (exact) mass is 442 g/mol. The maximum absolute atomic E-state index is 2.00. The van der Waals surface area contributed by atoms with Gasteiger partial charge in [-0.25, -0.2) is 0 Å². The lowest BCUT2D eigenvalue weighted by atomic mass is 9.35. The molecule has 32 heavy (non-hydrogen) atoms. The Morgan fingerprint density at radius 2 is 0.531 bits per heavy atom. The highest BCUT2D eigenvalue weighted by Gasteiger charge is 2.64. The van der Waals surface area contributed by atoms with E-state index in [2.05, 4.69) is 0 Å². The van der Waals surface area contributed by atoms with Crippen LogP contribution in [0.4, 0.5) is 0 Å². The van der Waals surface area contributed by atoms with E-state index in [1.165, 1.54) is 0 Å². The molecule has 0 heteroatoms. The Morgan fingerprint density at radius 3 is 0.656 bits per heavy atom. The molecule has 0 aliphatic heterocycles. The number of rotatable bonds is 1. The third-order valence-electron chi connectivity index (χ3n) is 9.87. The van der Waals surface area contributed by atoms with E-state index in [9.17, 15) is 0 Å². The zero-order valence-corrected chi connectivity index (χ0v) is 23.3. The van der Waals surface area contributed by atoms with Crippen LogP contribution in [-0.4, -0.2) is 0 Å². The van der Waals surface area contributed by atoms with Gasteiger partial charge in [0.15, 0.2) is 0 Å². The summed E-state index contributed by atoms with van der Waals surface area (Å²) in [5, 5.41) is 0. The van der Waals surface area contributed by atoms with Crippen molar-refractivity contribution in [3.63, 3.8) is 0 Å². The molecule has 0 aromatic rings. The first-order valence-corrected chi connectivity index (χ1v) is 14.7. The fraction of sp³-hybridized carbons (Fsp3) is 0.875. The highest BCUT2D eigenvalue weighted by Crippen LogP contribution is 2.74. The Morgan fingerprint density at radius 1 is 0.375 bits per heavy atom. The van der Waals surface area contributed by atoms with Crippen LogP contribution in [0.25, 0.3) is 0 Å². The van der Waals surface area contributed by atoms with Crippen molar-refractivity contribution in [2.45, 2.75) is 132 Å². The average Bonchev–Trinajstić information content (AvgIpc) is 2.80. The van der Waals surface area contributed by atoms with E-state index in [4.69, 9.17) is 0 Å². The molecular formula is C32H58. The molecule has 0 unspecified atom stereocenters. The quantitative estimate of drug-likeness (QED) is 0.354. The van der Waals surface area contributed by atoms with Crippen LogP contribution in [0, 0.1) is 46.3 Å². The van der Waals surface area contributed by atoms with E-state index in [1.807, 2.05) is 79.7 Å². The Kier molecular flexibility index (Phi) is 11.1. The first-order chi connectivity index (χ1) is 15.5. The smallest absolute Gasteiger partial charge is 0.0233 e. The maximum atomic E-state index is 2.00. The van der Waals surface area contributed by atoms with E-state index in [0.29, 0.717) is 0 Å². The summed E-state index contributed by atoms with van der Waals surface area (Å²) in [7, 11) is 0. The summed E-state index contributed by atoms with van der Waals surface area (Å²) in [4.78, 5) is 0. The van der Waals surface area contributed by atoms with E-state index in [0.717, 1.165) is 46.3 Å². The first kappa shape index (κ1) is 27.7. The molecule has 186 valence electrons. The van der Waals surface area contributed by atoms with Gasteiger partial charge < -0.3 is 0 Å². The van der Waals surface area contributed by atoms with Crippen LogP contribution in [0.1, 0.15) is 132 Å². The summed E-state index contributed by atoms with van der Waals surface area (Å²) in [5.41, 5.74) is 1.72. The minimum absolute atomic E-state index is 0.859. The maximum Gasteiger partial charge on any atom is -0.0233 e. The third-order valence-corrected chi connectivity index (χ3v) is 9.87. The van der Waals surface area contributed by atoms with Gasteiger partial charge in [0.1, 0.15) is 0 Å². The van der Waals surface area contributed by atoms with Crippen LogP contribution >= 0.6 is 0 Å². The van der Waals surface area contributed by atoms with Crippen LogP contribution in [0.5, 0.6) is 0 Å². The van der Waals surface area contributed by atoms with Crippen molar-refractivity contribution in [1.29, 1.82) is 0 Å². The molecule has 8 aliphatic rings. The number of allylic oxidation sites excluding steroid dienone is 4. The second-order valence-corrected chi connectivity index (χ2v) is 11.7. The highest BCUT2D eigenvalue weighted by atomic mass is 14.7. The van der Waals surface area contributed by atoms with Gasteiger partial charge in [-0.2, -0.15) is 0 Å². The number of hydrogen-bond donors (Lipinski definition) is 0. The average molecular weight is 443 g/mol. The van der Waals surface area contributed by atoms with Crippen molar-refractivity contribution in [3.8, 4) is 0 Å². The van der Waals surface area contributed by atoms with Gasteiger partial charge in [0.05, 0.1) is 0 Å². The lowest BCUT2D eigenvalue weighted by Gasteiger charge is -2.70. The molecule has 8 saturated carbocycles. The fourth-order valence-corrected chi connectivity index (χ4v) is 9.52. The van der Waals surface area contributed by atoms with Crippen LogP contribution in [0.15, 0.2) is 24.3 Å². The summed E-state index contributed by atoms with van der Waals surface area (Å²) in [6.07, 6.45) is 27.8. The summed E-state index contributed by atoms with van der Waals surface area (Å²) < 4.78 is 0. The largest absolute Gasteiger partial charge is 0.0919 e. The zero-order valence-electron chi connectivity index (χ0n) is 23.3. The zero-order chi connectivity index (χ0) is 23.8. The Hall–Kier alpha value is -0.520. The molecule has 8 aliphatic carbocycles. The van der Waals surface area contributed by atoms with E-state index in [1.54, 1.807) is 77.0 Å². The predicted molar refractivity (Wildman–Crippen MR) is 145 cm³/mol. The highest BCUT2D eigenvalue weighted by molar-refractivity contribution is 5.14. The SMILES string of the molecule is C1C2CC3CC1CC(C14CC5CC(CC(C5)C1)C4)(C2)C3.CC.CC.CC=CC.CC=CC. The topological polar surface area (TPSA) is 0 Å². The van der Waals surface area contributed by atoms with E-state index >= 15 is 0 Å². The minimum Gasteiger partial charge on any atom is -0.0919 e. The molecular weight excluding hydrogens is 384 g/mol. The molecule has 0 amide bonds. The Balaban J connectivity index is 0.000000260. The molecule has 0 radical (unpaired) electrons. The molecule has 0 atom stereocenters. The summed E-state index contributed by atoms with van der Waals surface area (Å²) >= 11 is 0. The molecule has 0 nitrogen and oxygen atoms in total. The van der Waals surface area contributed by atoms with Gasteiger partial charge in [-0.15, -0.1) is 0 Å². The van der Waals surface area contributed by atoms with Gasteiger partial charge >= 0.3 is 0 Å². The first-order valence-electron chi connectivity index (χ1n) is 14.7. The van der Waals surface area contributed by atoms with Crippen LogP contribution in [0.3, 0.4) is 0 Å². The lowest BCUT2D eigenvalue weighted by Crippen LogP contribution is -2.60. The molecule has 0 spiro atoms. The second kappa shape index (κ2) is 12.8. The molecule has 8 rings (SSSR count). The van der Waals surface area contributed by atoms with Crippen molar-refractivity contribution < 1.29 is 0 Å². The third kappa shape index (κ3) is 5.75. The molecule has 8 bridgehead atoms. The molecule has 0 N–H and O–H groups in total. The lowest BCUT2D eigenvalue weighted by molar-refractivity contribution is -0.199. The van der Waals surface area contributed by atoms with Crippen LogP contribution in [0.2, 0.25) is 0 Å². The second-order valence-electron chi connectivity index (χ2n) is 11.7. The predicted octanol–water partition coefficient (Wildman–Crippen LogP) is 10.6. The summed E-state index contributed by atoms with van der Waals surface area (Å²) in [6, 6.07) is 0. The molecule has 0 aromatic heterocycles. The molecule has 8 fully saturated rings. The molecule has 0 saturated heterocycles. The number of hydrogen-bond acceptors (Lipinski definition) is 0. The van der Waals surface area contributed by atoms with Gasteiger partial charge in [0.25, 0.3) is 0 Å². The van der Waals surface area contributed by atoms with Crippen molar-refractivity contribution in [1.82, 2.24) is 0 Å². The van der Waals surface area contributed by atoms with Gasteiger partial charge in [-0.05, 0) is 151 Å². The molecule has 0 aromatic carbocycles. The Bertz CT molecular complexity index is 446. The van der Waals surface area contributed by atoms with Crippen molar-refractivity contribution >= 4 is 0 Å². The summed E-state index contributed by atoms with van der Waals surface area (Å²) in [5.74, 6) is 6.97. The summed E-state index contributed by atoms with van der Waals surface area (Å²) in [6.45, 7) is 16.0. The standard InChI is InChI=1S/C20H30.2C4H8.2C2H6/c1-13-2-15-3-14(1)8-19(7-13,9-15)20-10-16-4-17(11-20)6-18(5-16)12-20;2*1-3-4-2;2*1-2/h13-18H,1-12H2;2*3-4H,1-2H3;2*1-2H3. The van der Waals surface area contributed by atoms with E-state index < -0.39 is 0 Å². The normalized spacial score (nSPS) is 44.0. The van der Waals surface area contributed by atoms with Crippen molar-refractivity contribution in [3.05, 3.63) is 24.3 Å². The van der Waals surface area contributed by atoms with Gasteiger partial charge in [-0.1, -0.05) is 52.0 Å². The van der Waals surface area contributed by atoms with Crippen LogP contribution < -0.4 is 0 Å². The van der Waals surface area contributed by atoms with E-state index in [-0.39, 0.29) is 0 Å². The fourth-order valence-electron chi connectivity index (χ4n) is 9.52. The van der Waals surface area contributed by atoms with Gasteiger partial charge in [0.2, 0.25) is 0 Å². The van der Waals surface area contributed by atoms with Gasteiger partial charge in [-0.3, -0.25) is 0 Å². The molecule has 0 heterocycles. The minimum atomic E-state index is 0.859. The Labute approximate surface area is 203 Å². The van der Waals surface area contributed by atoms with Crippen molar-refractivity contribution in [2.24, 2.45) is 46.3 Å². The van der Waals surface area contributed by atoms with Gasteiger partial charge in [0, 0.05) is 0 Å².